The molecule has 6 nitrogen and oxygen atoms in total. The normalized spacial score (nSPS) is 10.4. The van der Waals surface area contributed by atoms with Crippen molar-refractivity contribution in [2.75, 3.05) is 0 Å². The maximum atomic E-state index is 12.0. The molecule has 110 valence electrons. The highest BCUT2D eigenvalue weighted by atomic mass is 16.1. The molecule has 6 heteroatoms. The zero-order chi connectivity index (χ0) is 15.2. The van der Waals surface area contributed by atoms with Gasteiger partial charge in [0, 0.05) is 31.3 Å². The fraction of sp³-hybridized carbons (Fsp3) is 0.125. The van der Waals surface area contributed by atoms with Crippen molar-refractivity contribution in [1.82, 2.24) is 25.1 Å². The molecule has 22 heavy (non-hydrogen) atoms. The number of benzene rings is 1. The first kappa shape index (κ1) is 13.9. The van der Waals surface area contributed by atoms with Gasteiger partial charge in [-0.15, -0.1) is 0 Å². The number of rotatable bonds is 5. The second-order valence-corrected chi connectivity index (χ2v) is 4.75. The molecule has 0 fully saturated rings. The highest BCUT2D eigenvalue weighted by Crippen LogP contribution is 2.10. The zero-order valence-electron chi connectivity index (χ0n) is 11.9. The standard InChI is InChI=1S/C16H15N5O/c22-16(15-11-17-7-8-18-15)19-10-13-4-1-2-5-14(13)12-21-9-3-6-20-21/h1-9,11H,10,12H2,(H,19,22). The number of carbonyl (C=O) groups is 1. The molecule has 0 spiro atoms. The lowest BCUT2D eigenvalue weighted by Gasteiger charge is -2.10. The van der Waals surface area contributed by atoms with Crippen LogP contribution in [-0.2, 0) is 13.1 Å². The number of hydrogen-bond donors (Lipinski definition) is 1. The minimum Gasteiger partial charge on any atom is -0.347 e. The van der Waals surface area contributed by atoms with Crippen LogP contribution in [0.3, 0.4) is 0 Å². The van der Waals surface area contributed by atoms with Gasteiger partial charge in [0.05, 0.1) is 12.7 Å². The summed E-state index contributed by atoms with van der Waals surface area (Å²) < 4.78 is 1.85. The van der Waals surface area contributed by atoms with E-state index in [1.807, 2.05) is 41.2 Å². The number of hydrogen-bond acceptors (Lipinski definition) is 4. The van der Waals surface area contributed by atoms with Crippen LogP contribution < -0.4 is 5.32 Å². The smallest absolute Gasteiger partial charge is 0.271 e. The maximum Gasteiger partial charge on any atom is 0.271 e. The maximum absolute atomic E-state index is 12.0. The Morgan fingerprint density at radius 3 is 2.68 bits per heavy atom. The van der Waals surface area contributed by atoms with E-state index in [9.17, 15) is 4.79 Å². The molecule has 0 unspecified atom stereocenters. The van der Waals surface area contributed by atoms with Gasteiger partial charge in [-0.1, -0.05) is 24.3 Å². The van der Waals surface area contributed by atoms with Crippen LogP contribution in [0.1, 0.15) is 21.6 Å². The second-order valence-electron chi connectivity index (χ2n) is 4.75. The van der Waals surface area contributed by atoms with Gasteiger partial charge in [-0.2, -0.15) is 5.10 Å². The Bertz CT molecular complexity index is 740. The molecule has 0 aliphatic carbocycles. The van der Waals surface area contributed by atoms with Gasteiger partial charge in [0.2, 0.25) is 0 Å². The van der Waals surface area contributed by atoms with Gasteiger partial charge in [-0.05, 0) is 17.2 Å². The molecule has 1 aromatic carbocycles. The summed E-state index contributed by atoms with van der Waals surface area (Å²) in [5, 5.41) is 7.07. The fourth-order valence-electron chi connectivity index (χ4n) is 2.14. The van der Waals surface area contributed by atoms with Crippen molar-refractivity contribution in [3.8, 4) is 0 Å². The number of nitrogens with zero attached hydrogens (tertiary/aromatic N) is 4. The average molecular weight is 293 g/mol. The Labute approximate surface area is 127 Å². The van der Waals surface area contributed by atoms with Crippen molar-refractivity contribution in [1.29, 1.82) is 0 Å². The molecular weight excluding hydrogens is 278 g/mol. The van der Waals surface area contributed by atoms with E-state index in [0.29, 0.717) is 18.8 Å². The Balaban J connectivity index is 1.69. The summed E-state index contributed by atoms with van der Waals surface area (Å²) in [6.07, 6.45) is 8.15. The Morgan fingerprint density at radius 1 is 1.09 bits per heavy atom. The Hall–Kier alpha value is -3.02. The molecule has 3 rings (SSSR count). The van der Waals surface area contributed by atoms with Crippen LogP contribution in [0.25, 0.3) is 0 Å². The molecule has 0 radical (unpaired) electrons. The van der Waals surface area contributed by atoms with Crippen molar-refractivity contribution < 1.29 is 4.79 Å². The molecule has 0 atom stereocenters. The van der Waals surface area contributed by atoms with Gasteiger partial charge in [-0.25, -0.2) is 4.98 Å². The minimum atomic E-state index is -0.234. The lowest BCUT2D eigenvalue weighted by molar-refractivity contribution is 0.0945. The zero-order valence-corrected chi connectivity index (χ0v) is 11.9. The molecule has 2 aromatic heterocycles. The van der Waals surface area contributed by atoms with Crippen LogP contribution in [0.15, 0.2) is 61.3 Å². The molecule has 0 bridgehead atoms. The van der Waals surface area contributed by atoms with Gasteiger partial charge in [0.25, 0.3) is 5.91 Å². The van der Waals surface area contributed by atoms with Gasteiger partial charge in [-0.3, -0.25) is 14.5 Å². The summed E-state index contributed by atoms with van der Waals surface area (Å²) >= 11 is 0. The van der Waals surface area contributed by atoms with Crippen molar-refractivity contribution in [2.45, 2.75) is 13.1 Å². The first-order chi connectivity index (χ1) is 10.8. The van der Waals surface area contributed by atoms with E-state index < -0.39 is 0 Å². The molecule has 1 N–H and O–H groups in total. The third-order valence-corrected chi connectivity index (χ3v) is 3.25. The van der Waals surface area contributed by atoms with Gasteiger partial charge < -0.3 is 5.32 Å². The predicted octanol–water partition coefficient (Wildman–Crippen LogP) is 1.65. The number of nitrogens with one attached hydrogen (secondary N) is 1. The monoisotopic (exact) mass is 293 g/mol. The predicted molar refractivity (Wildman–Crippen MR) is 81.0 cm³/mol. The van der Waals surface area contributed by atoms with Crippen LogP contribution in [0, 0.1) is 0 Å². The van der Waals surface area contributed by atoms with E-state index in [1.54, 1.807) is 6.20 Å². The minimum absolute atomic E-state index is 0.234. The second kappa shape index (κ2) is 6.62. The molecule has 1 amide bonds. The topological polar surface area (TPSA) is 72.7 Å². The number of aromatic nitrogens is 4. The first-order valence-corrected chi connectivity index (χ1v) is 6.91. The largest absolute Gasteiger partial charge is 0.347 e. The lowest BCUT2D eigenvalue weighted by atomic mass is 10.1. The molecule has 3 aromatic rings. The quantitative estimate of drug-likeness (QED) is 0.776. The molecule has 0 aliphatic rings. The third kappa shape index (κ3) is 3.35. The van der Waals surface area contributed by atoms with E-state index in [4.69, 9.17) is 0 Å². The van der Waals surface area contributed by atoms with Gasteiger partial charge in [0.15, 0.2) is 0 Å². The van der Waals surface area contributed by atoms with Crippen molar-refractivity contribution >= 4 is 5.91 Å². The first-order valence-electron chi connectivity index (χ1n) is 6.91. The van der Waals surface area contributed by atoms with Gasteiger partial charge >= 0.3 is 0 Å². The summed E-state index contributed by atoms with van der Waals surface area (Å²) in [5.41, 5.74) is 2.48. The van der Waals surface area contributed by atoms with Crippen LogP contribution >= 0.6 is 0 Å². The van der Waals surface area contributed by atoms with Crippen LogP contribution in [0.5, 0.6) is 0 Å². The lowest BCUT2D eigenvalue weighted by Crippen LogP contribution is -2.24. The number of amides is 1. The summed E-state index contributed by atoms with van der Waals surface area (Å²) in [6.45, 7) is 1.11. The van der Waals surface area contributed by atoms with Crippen LogP contribution in [0.4, 0.5) is 0 Å². The molecule has 0 aliphatic heterocycles. The Morgan fingerprint density at radius 2 is 1.95 bits per heavy atom. The van der Waals surface area contributed by atoms with E-state index in [2.05, 4.69) is 20.4 Å². The summed E-state index contributed by atoms with van der Waals surface area (Å²) in [4.78, 5) is 19.9. The highest BCUT2D eigenvalue weighted by Gasteiger charge is 2.08. The molecule has 2 heterocycles. The molecule has 0 saturated heterocycles. The summed E-state index contributed by atoms with van der Waals surface area (Å²) in [7, 11) is 0. The molecule has 0 saturated carbocycles. The van der Waals surface area contributed by atoms with Crippen molar-refractivity contribution in [3.63, 3.8) is 0 Å². The van der Waals surface area contributed by atoms with Crippen LogP contribution in [-0.4, -0.2) is 25.7 Å². The summed E-state index contributed by atoms with van der Waals surface area (Å²) in [5.74, 6) is -0.234. The van der Waals surface area contributed by atoms with Crippen molar-refractivity contribution in [2.24, 2.45) is 0 Å². The fourth-order valence-corrected chi connectivity index (χ4v) is 2.14. The van der Waals surface area contributed by atoms with Crippen molar-refractivity contribution in [3.05, 3.63) is 78.1 Å². The average Bonchev–Trinajstić information content (AvgIpc) is 3.07. The highest BCUT2D eigenvalue weighted by molar-refractivity contribution is 5.91. The van der Waals surface area contributed by atoms with Crippen LogP contribution in [0.2, 0.25) is 0 Å². The van der Waals surface area contributed by atoms with Gasteiger partial charge in [0.1, 0.15) is 5.69 Å². The molecular formula is C16H15N5O. The van der Waals surface area contributed by atoms with E-state index in [1.165, 1.54) is 18.6 Å². The van der Waals surface area contributed by atoms with E-state index >= 15 is 0 Å². The number of carbonyl (C=O) groups excluding carboxylic acids is 1. The van der Waals surface area contributed by atoms with E-state index in [-0.39, 0.29) is 5.91 Å². The Kier molecular flexibility index (Phi) is 4.20. The SMILES string of the molecule is O=C(NCc1ccccc1Cn1cccn1)c1cnccn1. The summed E-state index contributed by atoms with van der Waals surface area (Å²) in [6, 6.07) is 9.85. The third-order valence-electron chi connectivity index (χ3n) is 3.25. The van der Waals surface area contributed by atoms with E-state index in [0.717, 1.165) is 11.1 Å².